The maximum atomic E-state index is 11.5. The molecule has 0 aliphatic carbocycles. The molecule has 4 aromatic rings. The van der Waals surface area contributed by atoms with Crippen LogP contribution in [0.3, 0.4) is 0 Å². The number of aromatic nitrogens is 8. The SMILES string of the molecule is C/C=C/c1[nH]n2nc(C(C)(C)C)nc2c1N=Nc1c([N+](=O)[O-])cnn1-c1ncccn1. The van der Waals surface area contributed by atoms with E-state index >= 15 is 0 Å². The molecular weight excluding hydrogens is 402 g/mol. The zero-order valence-electron chi connectivity index (χ0n) is 17.3. The second-order valence-electron chi connectivity index (χ2n) is 7.57. The Morgan fingerprint density at radius 1 is 1.23 bits per heavy atom. The normalized spacial score (nSPS) is 12.5. The smallest absolute Gasteiger partial charge is 0.274 e. The summed E-state index contributed by atoms with van der Waals surface area (Å²) in [4.78, 5) is 23.6. The van der Waals surface area contributed by atoms with Gasteiger partial charge in [-0.15, -0.1) is 15.3 Å². The number of azo groups is 1. The Kier molecular flexibility index (Phi) is 4.85. The predicted octanol–water partition coefficient (Wildman–Crippen LogP) is 3.69. The highest BCUT2D eigenvalue weighted by molar-refractivity contribution is 5.74. The molecule has 0 spiro atoms. The molecule has 0 unspecified atom stereocenters. The van der Waals surface area contributed by atoms with Gasteiger partial charge in [-0.2, -0.15) is 14.4 Å². The lowest BCUT2D eigenvalue weighted by atomic mass is 9.96. The molecule has 4 heterocycles. The number of H-pyrrole nitrogens is 1. The van der Waals surface area contributed by atoms with E-state index in [9.17, 15) is 10.1 Å². The molecule has 1 N–H and O–H groups in total. The van der Waals surface area contributed by atoms with Crippen molar-refractivity contribution in [2.24, 2.45) is 10.2 Å². The zero-order valence-corrected chi connectivity index (χ0v) is 17.3. The third-order valence-corrected chi connectivity index (χ3v) is 4.21. The Balaban J connectivity index is 1.87. The van der Waals surface area contributed by atoms with Gasteiger partial charge in [0, 0.05) is 17.8 Å². The van der Waals surface area contributed by atoms with Gasteiger partial charge in [0.2, 0.25) is 5.65 Å². The Hall–Kier alpha value is -4.29. The van der Waals surface area contributed by atoms with E-state index in [1.807, 2.05) is 33.8 Å². The summed E-state index contributed by atoms with van der Waals surface area (Å²) in [5.41, 5.74) is 0.839. The molecule has 0 saturated heterocycles. The first-order valence-corrected chi connectivity index (χ1v) is 9.33. The summed E-state index contributed by atoms with van der Waals surface area (Å²) in [6, 6.07) is 1.63. The molecule has 31 heavy (non-hydrogen) atoms. The van der Waals surface area contributed by atoms with Crippen molar-refractivity contribution in [1.82, 2.24) is 39.6 Å². The standard InChI is InChI=1S/C18H19N11O2/c1-5-7-11-13(15-22-16(18(2,3)4)26-28(15)25-11)23-24-14-12(29(30)31)10-21-27(14)17-19-8-6-9-20-17/h5-10,25H,1-4H3/b7-5+,24-23?. The fraction of sp³-hybridized carbons (Fsp3) is 0.278. The molecule has 0 atom stereocenters. The Morgan fingerprint density at radius 3 is 2.61 bits per heavy atom. The van der Waals surface area contributed by atoms with Crippen molar-refractivity contribution in [2.45, 2.75) is 33.1 Å². The first kappa shape index (κ1) is 20.0. The largest absolute Gasteiger partial charge is 0.335 e. The number of rotatable bonds is 5. The molecule has 0 radical (unpaired) electrons. The molecule has 0 fully saturated rings. The Bertz CT molecular complexity index is 1310. The maximum Gasteiger partial charge on any atom is 0.335 e. The van der Waals surface area contributed by atoms with Crippen molar-refractivity contribution >= 4 is 28.9 Å². The van der Waals surface area contributed by atoms with Gasteiger partial charge in [-0.3, -0.25) is 15.2 Å². The molecule has 0 aliphatic heterocycles. The van der Waals surface area contributed by atoms with Crippen molar-refractivity contribution in [1.29, 1.82) is 0 Å². The van der Waals surface area contributed by atoms with Crippen LogP contribution in [0.15, 0.2) is 41.0 Å². The third-order valence-electron chi connectivity index (χ3n) is 4.21. The summed E-state index contributed by atoms with van der Waals surface area (Å²) in [7, 11) is 0. The van der Waals surface area contributed by atoms with Gasteiger partial charge in [0.1, 0.15) is 6.20 Å². The highest BCUT2D eigenvalue weighted by Crippen LogP contribution is 2.33. The van der Waals surface area contributed by atoms with E-state index in [2.05, 4.69) is 40.5 Å². The number of allylic oxidation sites excluding steroid dienone is 1. The van der Waals surface area contributed by atoms with Crippen LogP contribution in [-0.2, 0) is 5.41 Å². The monoisotopic (exact) mass is 421 g/mol. The van der Waals surface area contributed by atoms with Gasteiger partial charge >= 0.3 is 5.69 Å². The summed E-state index contributed by atoms with van der Waals surface area (Å²) in [6.45, 7) is 7.85. The Labute approximate surface area is 175 Å². The van der Waals surface area contributed by atoms with Crippen LogP contribution >= 0.6 is 0 Å². The van der Waals surface area contributed by atoms with Crippen molar-refractivity contribution in [3.63, 3.8) is 0 Å². The van der Waals surface area contributed by atoms with Gasteiger partial charge in [-0.1, -0.05) is 26.8 Å². The van der Waals surface area contributed by atoms with Crippen molar-refractivity contribution in [3.8, 4) is 5.95 Å². The van der Waals surface area contributed by atoms with Crippen LogP contribution in [0.25, 0.3) is 17.7 Å². The number of nitrogens with zero attached hydrogens (tertiary/aromatic N) is 10. The maximum absolute atomic E-state index is 11.5. The topological polar surface area (TPSA) is 157 Å². The second-order valence-corrected chi connectivity index (χ2v) is 7.57. The quantitative estimate of drug-likeness (QED) is 0.292. The summed E-state index contributed by atoms with van der Waals surface area (Å²) in [6.07, 6.45) is 7.69. The van der Waals surface area contributed by atoms with Gasteiger partial charge in [-0.25, -0.2) is 15.0 Å². The van der Waals surface area contributed by atoms with Crippen LogP contribution in [0.1, 0.15) is 39.2 Å². The number of aromatic amines is 1. The number of hydrogen-bond acceptors (Lipinski definition) is 9. The number of nitrogens with one attached hydrogen (secondary N) is 1. The summed E-state index contributed by atoms with van der Waals surface area (Å²) in [5.74, 6) is 0.642. The molecule has 13 heteroatoms. The second kappa shape index (κ2) is 7.51. The fourth-order valence-corrected chi connectivity index (χ4v) is 2.73. The number of hydrogen-bond donors (Lipinski definition) is 1. The highest BCUT2D eigenvalue weighted by atomic mass is 16.6. The molecule has 4 aromatic heterocycles. The van der Waals surface area contributed by atoms with Crippen LogP contribution in [0.4, 0.5) is 17.2 Å². The van der Waals surface area contributed by atoms with Crippen LogP contribution in [0.5, 0.6) is 0 Å². The first-order chi connectivity index (χ1) is 14.8. The minimum atomic E-state index is -0.588. The molecule has 0 saturated carbocycles. The van der Waals surface area contributed by atoms with E-state index in [-0.39, 0.29) is 22.9 Å². The minimum absolute atomic E-state index is 0.113. The molecule has 13 nitrogen and oxygen atoms in total. The summed E-state index contributed by atoms with van der Waals surface area (Å²) < 4.78 is 2.67. The number of nitro groups is 1. The van der Waals surface area contributed by atoms with Crippen molar-refractivity contribution in [3.05, 3.63) is 52.4 Å². The zero-order chi connectivity index (χ0) is 22.2. The van der Waals surface area contributed by atoms with E-state index in [4.69, 9.17) is 0 Å². The number of fused-ring (bicyclic) bond motifs is 1. The molecule has 0 aromatic carbocycles. The lowest BCUT2D eigenvalue weighted by Crippen LogP contribution is -2.13. The molecule has 0 bridgehead atoms. The highest BCUT2D eigenvalue weighted by Gasteiger charge is 2.25. The van der Waals surface area contributed by atoms with E-state index in [1.165, 1.54) is 17.0 Å². The van der Waals surface area contributed by atoms with Gasteiger partial charge in [0.25, 0.3) is 11.8 Å². The van der Waals surface area contributed by atoms with Gasteiger partial charge in [0.05, 0.1) is 10.6 Å². The van der Waals surface area contributed by atoms with Gasteiger partial charge in [-0.05, 0) is 19.1 Å². The van der Waals surface area contributed by atoms with Crippen LogP contribution in [0, 0.1) is 10.1 Å². The summed E-state index contributed by atoms with van der Waals surface area (Å²) in [5, 5.41) is 31.5. The van der Waals surface area contributed by atoms with E-state index in [0.717, 1.165) is 10.9 Å². The Morgan fingerprint density at radius 2 is 1.97 bits per heavy atom. The molecule has 4 rings (SSSR count). The molecule has 0 amide bonds. The lowest BCUT2D eigenvalue weighted by molar-refractivity contribution is -0.384. The van der Waals surface area contributed by atoms with E-state index in [0.29, 0.717) is 22.9 Å². The van der Waals surface area contributed by atoms with Crippen LogP contribution < -0.4 is 0 Å². The predicted molar refractivity (Wildman–Crippen MR) is 111 cm³/mol. The average molecular weight is 421 g/mol. The first-order valence-electron chi connectivity index (χ1n) is 9.33. The fourth-order valence-electron chi connectivity index (χ4n) is 2.73. The summed E-state index contributed by atoms with van der Waals surface area (Å²) >= 11 is 0. The van der Waals surface area contributed by atoms with E-state index in [1.54, 1.807) is 12.1 Å². The molecule has 158 valence electrons. The molecular formula is C18H19N11O2. The van der Waals surface area contributed by atoms with Gasteiger partial charge < -0.3 is 0 Å². The minimum Gasteiger partial charge on any atom is -0.274 e. The van der Waals surface area contributed by atoms with Crippen molar-refractivity contribution in [2.75, 3.05) is 0 Å². The molecule has 0 aliphatic rings. The average Bonchev–Trinajstić information content (AvgIpc) is 3.40. The third kappa shape index (κ3) is 3.68. The lowest BCUT2D eigenvalue weighted by Gasteiger charge is -2.11. The van der Waals surface area contributed by atoms with Crippen LogP contribution in [0.2, 0.25) is 0 Å². The van der Waals surface area contributed by atoms with Crippen molar-refractivity contribution < 1.29 is 4.92 Å². The van der Waals surface area contributed by atoms with Gasteiger partial charge in [0.15, 0.2) is 11.5 Å². The van der Waals surface area contributed by atoms with Crippen LogP contribution in [-0.4, -0.2) is 44.5 Å². The van der Waals surface area contributed by atoms with E-state index < -0.39 is 4.92 Å².